The number of unbranched alkanes of at least 4 members (excludes halogenated alkanes) is 34. The molecule has 0 spiro atoms. The van der Waals surface area contributed by atoms with Gasteiger partial charge in [0.05, 0.1) is 18.8 Å². The maximum Gasteiger partial charge on any atom is 0.220 e. The first-order valence-electron chi connectivity index (χ1n) is 22.8. The van der Waals surface area contributed by atoms with E-state index in [0.717, 1.165) is 32.1 Å². The van der Waals surface area contributed by atoms with Crippen molar-refractivity contribution < 1.29 is 20.1 Å². The Kier molecular flexibility index (Phi) is 40.6. The van der Waals surface area contributed by atoms with Gasteiger partial charge in [-0.15, -0.1) is 0 Å². The van der Waals surface area contributed by atoms with Crippen molar-refractivity contribution in [1.82, 2.24) is 5.32 Å². The third-order valence-electron chi connectivity index (χ3n) is 11.0. The molecular weight excluding hydrogens is 618 g/mol. The minimum absolute atomic E-state index is 0.139. The van der Waals surface area contributed by atoms with Gasteiger partial charge < -0.3 is 20.6 Å². The molecule has 3 atom stereocenters. The molecule has 0 heterocycles. The second kappa shape index (κ2) is 41.1. The molecule has 300 valence electrons. The molecule has 0 aromatic carbocycles. The number of carbonyl (C=O) groups is 1. The number of amides is 1. The number of aliphatic hydroxyl groups is 3. The second-order valence-corrected chi connectivity index (χ2v) is 16.0. The molecule has 0 rings (SSSR count). The first kappa shape index (κ1) is 49.4. The Balaban J connectivity index is 3.55. The molecule has 0 aromatic heterocycles. The van der Waals surface area contributed by atoms with E-state index in [-0.39, 0.29) is 12.5 Å². The van der Waals surface area contributed by atoms with Crippen LogP contribution < -0.4 is 5.32 Å². The topological polar surface area (TPSA) is 89.8 Å². The van der Waals surface area contributed by atoms with Crippen molar-refractivity contribution in [2.45, 2.75) is 276 Å². The zero-order chi connectivity index (χ0) is 36.6. The SMILES string of the molecule is CCCCCCCCCCCCCCCCCCCCCCCCC(=O)NC(CO)C(O)C(O)CCCCCCCCCCCCCCCC. The molecule has 3 unspecified atom stereocenters. The Bertz CT molecular complexity index is 659. The lowest BCUT2D eigenvalue weighted by Crippen LogP contribution is -2.50. The quantitative estimate of drug-likeness (QED) is 0.0475. The lowest BCUT2D eigenvalue weighted by molar-refractivity contribution is -0.124. The van der Waals surface area contributed by atoms with E-state index in [0.29, 0.717) is 12.8 Å². The van der Waals surface area contributed by atoms with Crippen LogP contribution in [0.15, 0.2) is 0 Å². The van der Waals surface area contributed by atoms with E-state index in [1.165, 1.54) is 199 Å². The maximum atomic E-state index is 12.4. The summed E-state index contributed by atoms with van der Waals surface area (Å²) in [4.78, 5) is 12.4. The molecular formula is C45H91NO4. The lowest BCUT2D eigenvalue weighted by atomic mass is 9.99. The highest BCUT2D eigenvalue weighted by atomic mass is 16.3. The molecule has 0 aliphatic rings. The fourth-order valence-electron chi connectivity index (χ4n) is 7.40. The van der Waals surface area contributed by atoms with Crippen LogP contribution in [0.2, 0.25) is 0 Å². The number of carbonyl (C=O) groups excluding carboxylic acids is 1. The van der Waals surface area contributed by atoms with E-state index in [1.807, 2.05) is 0 Å². The van der Waals surface area contributed by atoms with Crippen molar-refractivity contribution in [3.8, 4) is 0 Å². The van der Waals surface area contributed by atoms with Gasteiger partial charge in [-0.25, -0.2) is 0 Å². The van der Waals surface area contributed by atoms with Crippen molar-refractivity contribution in [1.29, 1.82) is 0 Å². The van der Waals surface area contributed by atoms with Crippen molar-refractivity contribution in [3.05, 3.63) is 0 Å². The van der Waals surface area contributed by atoms with Gasteiger partial charge in [0.25, 0.3) is 0 Å². The Morgan fingerprint density at radius 2 is 0.680 bits per heavy atom. The molecule has 0 aromatic rings. The van der Waals surface area contributed by atoms with Gasteiger partial charge in [0.1, 0.15) is 6.10 Å². The third-order valence-corrected chi connectivity index (χ3v) is 11.0. The van der Waals surface area contributed by atoms with Crippen molar-refractivity contribution >= 4 is 5.91 Å². The summed E-state index contributed by atoms with van der Waals surface area (Å²) < 4.78 is 0. The van der Waals surface area contributed by atoms with Crippen molar-refractivity contribution in [3.63, 3.8) is 0 Å². The second-order valence-electron chi connectivity index (χ2n) is 16.0. The predicted molar refractivity (Wildman–Crippen MR) is 218 cm³/mol. The lowest BCUT2D eigenvalue weighted by Gasteiger charge is -2.26. The van der Waals surface area contributed by atoms with Crippen LogP contribution in [0, 0.1) is 0 Å². The molecule has 0 saturated heterocycles. The summed E-state index contributed by atoms with van der Waals surface area (Å²) in [5, 5.41) is 33.5. The van der Waals surface area contributed by atoms with Crippen LogP contribution in [-0.4, -0.2) is 46.1 Å². The van der Waals surface area contributed by atoms with E-state index in [2.05, 4.69) is 19.2 Å². The van der Waals surface area contributed by atoms with Gasteiger partial charge in [-0.2, -0.15) is 0 Å². The van der Waals surface area contributed by atoms with Gasteiger partial charge in [0.15, 0.2) is 0 Å². The summed E-state index contributed by atoms with van der Waals surface area (Å²) in [5.74, 6) is -0.139. The Morgan fingerprint density at radius 1 is 0.420 bits per heavy atom. The Morgan fingerprint density at radius 3 is 0.960 bits per heavy atom. The van der Waals surface area contributed by atoms with E-state index in [1.54, 1.807) is 0 Å². The Hall–Kier alpha value is -0.650. The fraction of sp³-hybridized carbons (Fsp3) is 0.978. The molecule has 0 radical (unpaired) electrons. The maximum absolute atomic E-state index is 12.4. The van der Waals surface area contributed by atoms with E-state index in [4.69, 9.17) is 0 Å². The zero-order valence-electron chi connectivity index (χ0n) is 34.1. The molecule has 0 fully saturated rings. The van der Waals surface area contributed by atoms with Crippen LogP contribution >= 0.6 is 0 Å². The minimum Gasteiger partial charge on any atom is -0.394 e. The zero-order valence-corrected chi connectivity index (χ0v) is 34.1. The number of hydrogen-bond acceptors (Lipinski definition) is 4. The molecule has 0 aliphatic heterocycles. The van der Waals surface area contributed by atoms with Crippen LogP contribution in [0.4, 0.5) is 0 Å². The van der Waals surface area contributed by atoms with Gasteiger partial charge >= 0.3 is 0 Å². The molecule has 4 N–H and O–H groups in total. The average molecular weight is 710 g/mol. The summed E-state index contributed by atoms with van der Waals surface area (Å²) >= 11 is 0. The summed E-state index contributed by atoms with van der Waals surface area (Å²) in [6, 6.07) is -0.802. The standard InChI is InChI=1S/C45H91NO4/c1-3-5-7-9-11-13-15-17-19-20-21-22-23-24-25-26-28-30-32-34-36-38-40-44(49)46-42(41-47)45(50)43(48)39-37-35-33-31-29-27-18-16-14-12-10-8-6-4-2/h42-43,45,47-48,50H,3-41H2,1-2H3,(H,46,49). The highest BCUT2D eigenvalue weighted by Crippen LogP contribution is 2.17. The number of aliphatic hydroxyl groups excluding tert-OH is 3. The highest BCUT2D eigenvalue weighted by molar-refractivity contribution is 5.76. The molecule has 0 aliphatic carbocycles. The number of hydrogen-bond donors (Lipinski definition) is 4. The average Bonchev–Trinajstić information content (AvgIpc) is 3.12. The van der Waals surface area contributed by atoms with Gasteiger partial charge in [0.2, 0.25) is 5.91 Å². The van der Waals surface area contributed by atoms with E-state index >= 15 is 0 Å². The minimum atomic E-state index is -1.13. The number of rotatable bonds is 42. The fourth-order valence-corrected chi connectivity index (χ4v) is 7.40. The van der Waals surface area contributed by atoms with Gasteiger partial charge in [0, 0.05) is 6.42 Å². The summed E-state index contributed by atoms with van der Waals surface area (Å²) in [5.41, 5.74) is 0. The molecule has 1 amide bonds. The van der Waals surface area contributed by atoms with Crippen LogP contribution in [0.1, 0.15) is 258 Å². The van der Waals surface area contributed by atoms with Crippen LogP contribution in [0.5, 0.6) is 0 Å². The van der Waals surface area contributed by atoms with E-state index < -0.39 is 18.2 Å². The number of nitrogens with one attached hydrogen (secondary N) is 1. The van der Waals surface area contributed by atoms with Gasteiger partial charge in [-0.3, -0.25) is 4.79 Å². The summed E-state index contributed by atoms with van der Waals surface area (Å²) in [6.45, 7) is 4.20. The summed E-state index contributed by atoms with van der Waals surface area (Å²) in [7, 11) is 0. The van der Waals surface area contributed by atoms with Gasteiger partial charge in [-0.1, -0.05) is 239 Å². The smallest absolute Gasteiger partial charge is 0.220 e. The van der Waals surface area contributed by atoms with Crippen LogP contribution in [0.25, 0.3) is 0 Å². The van der Waals surface area contributed by atoms with Crippen molar-refractivity contribution in [2.24, 2.45) is 0 Å². The molecule has 5 nitrogen and oxygen atoms in total. The third kappa shape index (κ3) is 35.7. The van der Waals surface area contributed by atoms with Crippen LogP contribution in [-0.2, 0) is 4.79 Å². The summed E-state index contributed by atoms with van der Waals surface area (Å²) in [6.07, 6.45) is 46.4. The molecule has 5 heteroatoms. The monoisotopic (exact) mass is 710 g/mol. The first-order valence-corrected chi connectivity index (χ1v) is 22.8. The molecule has 0 bridgehead atoms. The van der Waals surface area contributed by atoms with Crippen LogP contribution in [0.3, 0.4) is 0 Å². The predicted octanol–water partition coefficient (Wildman–Crippen LogP) is 13.0. The van der Waals surface area contributed by atoms with Crippen molar-refractivity contribution in [2.75, 3.05) is 6.61 Å². The first-order chi connectivity index (χ1) is 24.6. The normalized spacial score (nSPS) is 13.5. The Labute approximate surface area is 313 Å². The van der Waals surface area contributed by atoms with Gasteiger partial charge in [-0.05, 0) is 12.8 Å². The molecule has 50 heavy (non-hydrogen) atoms. The molecule has 0 saturated carbocycles. The highest BCUT2D eigenvalue weighted by Gasteiger charge is 2.26. The largest absolute Gasteiger partial charge is 0.394 e. The van der Waals surface area contributed by atoms with E-state index in [9.17, 15) is 20.1 Å².